The van der Waals surface area contributed by atoms with Gasteiger partial charge in [0.25, 0.3) is 0 Å². The van der Waals surface area contributed by atoms with Crippen LogP contribution in [-0.2, 0) is 10.0 Å². The van der Waals surface area contributed by atoms with E-state index >= 15 is 0 Å². The number of rotatable bonds is 7. The van der Waals surface area contributed by atoms with E-state index in [2.05, 4.69) is 28.8 Å². The Balaban J connectivity index is 2.99. The minimum Gasteiger partial charge on any atom is -0.397 e. The van der Waals surface area contributed by atoms with Crippen molar-refractivity contribution in [3.8, 4) is 0 Å². The molecule has 0 unspecified atom stereocenters. The fourth-order valence-corrected chi connectivity index (χ4v) is 2.67. The Kier molecular flexibility index (Phi) is 5.61. The first-order valence-electron chi connectivity index (χ1n) is 6.90. The van der Waals surface area contributed by atoms with Crippen LogP contribution in [0, 0.1) is 0 Å². The van der Waals surface area contributed by atoms with Crippen LogP contribution in [0.5, 0.6) is 0 Å². The topological polar surface area (TPSA) is 87.5 Å². The second kappa shape index (κ2) is 6.64. The Labute approximate surface area is 127 Å². The number of benzene rings is 1. The Morgan fingerprint density at radius 1 is 1.29 bits per heavy atom. The van der Waals surface area contributed by atoms with Crippen LogP contribution in [0.4, 0.5) is 11.4 Å². The van der Waals surface area contributed by atoms with Gasteiger partial charge in [-0.05, 0) is 46.1 Å². The van der Waals surface area contributed by atoms with Gasteiger partial charge >= 0.3 is 0 Å². The van der Waals surface area contributed by atoms with Gasteiger partial charge in [-0.25, -0.2) is 13.1 Å². The van der Waals surface area contributed by atoms with Crippen molar-refractivity contribution in [3.63, 3.8) is 0 Å². The molecule has 0 bridgehead atoms. The van der Waals surface area contributed by atoms with E-state index < -0.39 is 10.0 Å². The summed E-state index contributed by atoms with van der Waals surface area (Å²) >= 11 is 0. The second-order valence-electron chi connectivity index (χ2n) is 5.81. The third kappa shape index (κ3) is 4.59. The minimum atomic E-state index is -3.48. The van der Waals surface area contributed by atoms with Gasteiger partial charge in [0.2, 0.25) is 10.0 Å². The Bertz CT molecular complexity index is 583. The summed E-state index contributed by atoms with van der Waals surface area (Å²) < 4.78 is 26.5. The van der Waals surface area contributed by atoms with Crippen LogP contribution in [0.1, 0.15) is 20.8 Å². The van der Waals surface area contributed by atoms with Crippen molar-refractivity contribution in [1.29, 1.82) is 0 Å². The molecule has 0 atom stereocenters. The summed E-state index contributed by atoms with van der Waals surface area (Å²) in [7, 11) is 0.519. The number of likely N-dealkylation sites (N-methyl/N-ethyl adjacent to an activating group) is 1. The zero-order chi connectivity index (χ0) is 16.3. The van der Waals surface area contributed by atoms with Gasteiger partial charge in [0.15, 0.2) is 0 Å². The summed E-state index contributed by atoms with van der Waals surface area (Å²) in [4.78, 5) is 2.30. The van der Waals surface area contributed by atoms with Gasteiger partial charge in [-0.1, -0.05) is 6.92 Å². The van der Waals surface area contributed by atoms with Crippen molar-refractivity contribution in [1.82, 2.24) is 9.62 Å². The van der Waals surface area contributed by atoms with E-state index in [0.717, 1.165) is 0 Å². The molecule has 1 aromatic rings. The Morgan fingerprint density at radius 2 is 1.90 bits per heavy atom. The lowest BCUT2D eigenvalue weighted by atomic mass is 10.0. The maximum atomic E-state index is 12.0. The number of sulfonamides is 1. The highest BCUT2D eigenvalue weighted by Gasteiger charge is 2.21. The molecule has 0 radical (unpaired) electrons. The summed E-state index contributed by atoms with van der Waals surface area (Å²) in [5.41, 5.74) is 7.00. The monoisotopic (exact) mass is 314 g/mol. The molecule has 4 N–H and O–H groups in total. The van der Waals surface area contributed by atoms with Gasteiger partial charge in [0.05, 0.1) is 16.3 Å². The predicted octanol–water partition coefficient (Wildman–Crippen LogP) is 1.32. The zero-order valence-corrected chi connectivity index (χ0v) is 14.2. The number of anilines is 2. The molecule has 0 amide bonds. The summed E-state index contributed by atoms with van der Waals surface area (Å²) in [5.74, 6) is 0. The van der Waals surface area contributed by atoms with Crippen LogP contribution < -0.4 is 15.8 Å². The lowest BCUT2D eigenvalue weighted by Gasteiger charge is -2.33. The molecular formula is C14H26N4O2S. The molecule has 0 saturated carbocycles. The zero-order valence-electron chi connectivity index (χ0n) is 13.4. The van der Waals surface area contributed by atoms with Gasteiger partial charge in [-0.3, -0.25) is 0 Å². The number of nitrogen functional groups attached to an aromatic ring is 1. The lowest BCUT2D eigenvalue weighted by Crippen LogP contribution is -2.44. The Morgan fingerprint density at radius 3 is 2.43 bits per heavy atom. The maximum Gasteiger partial charge on any atom is 0.240 e. The second-order valence-corrected chi connectivity index (χ2v) is 7.58. The van der Waals surface area contributed by atoms with E-state index in [0.29, 0.717) is 24.5 Å². The highest BCUT2D eigenvalue weighted by molar-refractivity contribution is 7.89. The highest BCUT2D eigenvalue weighted by Crippen LogP contribution is 2.24. The first-order valence-corrected chi connectivity index (χ1v) is 8.39. The summed E-state index contributed by atoms with van der Waals surface area (Å²) in [6, 6.07) is 4.68. The first-order chi connectivity index (χ1) is 9.60. The molecule has 120 valence electrons. The van der Waals surface area contributed by atoms with E-state index in [1.165, 1.54) is 6.07 Å². The van der Waals surface area contributed by atoms with Gasteiger partial charge in [-0.15, -0.1) is 0 Å². The van der Waals surface area contributed by atoms with Crippen molar-refractivity contribution >= 4 is 21.4 Å². The molecule has 0 spiro atoms. The van der Waals surface area contributed by atoms with Crippen molar-refractivity contribution in [2.75, 3.05) is 38.2 Å². The van der Waals surface area contributed by atoms with Crippen LogP contribution in [0.2, 0.25) is 0 Å². The largest absolute Gasteiger partial charge is 0.397 e. The average molecular weight is 314 g/mol. The average Bonchev–Trinajstić information content (AvgIpc) is 2.37. The van der Waals surface area contributed by atoms with Gasteiger partial charge in [-0.2, -0.15) is 0 Å². The van der Waals surface area contributed by atoms with Crippen molar-refractivity contribution < 1.29 is 8.42 Å². The predicted molar refractivity (Wildman–Crippen MR) is 88.0 cm³/mol. The smallest absolute Gasteiger partial charge is 0.240 e. The van der Waals surface area contributed by atoms with Crippen LogP contribution in [0.25, 0.3) is 0 Å². The molecule has 0 aliphatic rings. The van der Waals surface area contributed by atoms with E-state index in [1.54, 1.807) is 19.1 Å². The molecule has 0 heterocycles. The summed E-state index contributed by atoms with van der Waals surface area (Å²) in [5, 5.41) is 3.23. The van der Waals surface area contributed by atoms with Crippen LogP contribution in [0.3, 0.4) is 0 Å². The number of nitrogens with zero attached hydrogens (tertiary/aromatic N) is 1. The molecule has 1 rings (SSSR count). The van der Waals surface area contributed by atoms with E-state index in [4.69, 9.17) is 5.73 Å². The standard InChI is InChI=1S/C14H26N4O2S/c1-6-17-21(19,20)11-7-8-12(15)13(9-11)16-10-14(2,3)18(4)5/h7-9,16-17H,6,10,15H2,1-5H3. The number of hydrogen-bond donors (Lipinski definition) is 3. The molecule has 0 aromatic heterocycles. The number of nitrogens with two attached hydrogens (primary N) is 1. The SMILES string of the molecule is CCNS(=O)(=O)c1ccc(N)c(NCC(C)(C)N(C)C)c1. The maximum absolute atomic E-state index is 12.0. The molecule has 0 aliphatic carbocycles. The van der Waals surface area contributed by atoms with Crippen molar-refractivity contribution in [3.05, 3.63) is 18.2 Å². The normalized spacial score (nSPS) is 12.7. The summed E-state index contributed by atoms with van der Waals surface area (Å²) in [6.07, 6.45) is 0. The molecule has 7 heteroatoms. The van der Waals surface area contributed by atoms with Crippen LogP contribution >= 0.6 is 0 Å². The van der Waals surface area contributed by atoms with Crippen LogP contribution in [0.15, 0.2) is 23.1 Å². The third-order valence-corrected chi connectivity index (χ3v) is 5.13. The molecule has 0 saturated heterocycles. The molecule has 21 heavy (non-hydrogen) atoms. The molecule has 0 aliphatic heterocycles. The van der Waals surface area contributed by atoms with Crippen molar-refractivity contribution in [2.24, 2.45) is 0 Å². The fourth-order valence-electron chi connectivity index (χ4n) is 1.60. The Hall–Kier alpha value is -1.31. The lowest BCUT2D eigenvalue weighted by molar-refractivity contribution is 0.210. The van der Waals surface area contributed by atoms with Gasteiger partial charge in [0, 0.05) is 18.6 Å². The van der Waals surface area contributed by atoms with Crippen LogP contribution in [-0.4, -0.2) is 46.0 Å². The fraction of sp³-hybridized carbons (Fsp3) is 0.571. The van der Waals surface area contributed by atoms with E-state index in [-0.39, 0.29) is 10.4 Å². The van der Waals surface area contributed by atoms with Gasteiger partial charge < -0.3 is 16.0 Å². The quantitative estimate of drug-likeness (QED) is 0.661. The highest BCUT2D eigenvalue weighted by atomic mass is 32.2. The third-order valence-electron chi connectivity index (χ3n) is 3.59. The molecule has 6 nitrogen and oxygen atoms in total. The molecular weight excluding hydrogens is 288 g/mol. The molecule has 0 fully saturated rings. The number of hydrogen-bond acceptors (Lipinski definition) is 5. The van der Waals surface area contributed by atoms with Crippen molar-refractivity contribution in [2.45, 2.75) is 31.2 Å². The molecule has 1 aromatic carbocycles. The van der Waals surface area contributed by atoms with Gasteiger partial charge in [0.1, 0.15) is 0 Å². The number of nitrogens with one attached hydrogen (secondary N) is 2. The summed E-state index contributed by atoms with van der Waals surface area (Å²) in [6.45, 7) is 6.93. The minimum absolute atomic E-state index is 0.0804. The van der Waals surface area contributed by atoms with E-state index in [9.17, 15) is 8.42 Å². The van der Waals surface area contributed by atoms with E-state index in [1.807, 2.05) is 14.1 Å². The first kappa shape index (κ1) is 17.7.